The average Bonchev–Trinajstić information content (AvgIpc) is 3.64. The minimum Gasteiger partial charge on any atom is -0.493 e. The number of ketones is 1. The van der Waals surface area contributed by atoms with Crippen LogP contribution in [0.25, 0.3) is 0 Å². The molecule has 1 fully saturated rings. The van der Waals surface area contributed by atoms with Crippen LogP contribution in [0.15, 0.2) is 45.7 Å². The van der Waals surface area contributed by atoms with Gasteiger partial charge in [0.15, 0.2) is 11.7 Å². The molecule has 2 aromatic carbocycles. The molecule has 2 N–H and O–H groups in total. The Morgan fingerprint density at radius 3 is 2.69 bits per heavy atom. The van der Waals surface area contributed by atoms with E-state index in [1.54, 1.807) is 0 Å². The lowest BCUT2D eigenvalue weighted by Gasteiger charge is -2.34. The van der Waals surface area contributed by atoms with Crippen molar-refractivity contribution in [2.75, 3.05) is 23.4 Å². The Bertz CT molecular complexity index is 1420. The van der Waals surface area contributed by atoms with Crippen LogP contribution in [0.1, 0.15) is 36.0 Å². The number of hydrogen-bond donors (Lipinski definition) is 2. The number of ether oxygens (including phenoxy) is 1. The summed E-state index contributed by atoms with van der Waals surface area (Å²) in [5.41, 5.74) is 0.372. The molecule has 0 bridgehead atoms. The SMILES string of the molecule is O=C(O)CCOc1ccc2c(c1)S(=O)(=O)N=C([C@@H]1C(=O)c3cc(F)ccc3N(CCC3CC3)C1=O)N2. The zero-order valence-corrected chi connectivity index (χ0v) is 19.8. The minimum absolute atomic E-state index is 0.00901. The van der Waals surface area contributed by atoms with Gasteiger partial charge in [0.2, 0.25) is 5.91 Å². The summed E-state index contributed by atoms with van der Waals surface area (Å²) in [4.78, 5) is 38.7. The fraction of sp³-hybridized carbons (Fsp3) is 0.333. The molecule has 188 valence electrons. The van der Waals surface area contributed by atoms with E-state index in [4.69, 9.17) is 9.84 Å². The Hall–Kier alpha value is -3.80. The lowest BCUT2D eigenvalue weighted by Crippen LogP contribution is -2.50. The number of nitrogens with zero attached hydrogens (tertiary/aromatic N) is 2. The molecule has 0 saturated heterocycles. The van der Waals surface area contributed by atoms with E-state index in [2.05, 4.69) is 9.71 Å². The van der Waals surface area contributed by atoms with Crippen LogP contribution < -0.4 is 15.0 Å². The van der Waals surface area contributed by atoms with Gasteiger partial charge in [0.1, 0.15) is 22.3 Å². The molecular formula is C24H22FN3O7S. The van der Waals surface area contributed by atoms with Crippen molar-refractivity contribution in [2.24, 2.45) is 16.2 Å². The normalized spacial score (nSPS) is 20.2. The maximum Gasteiger partial charge on any atom is 0.306 e. The molecule has 0 spiro atoms. The molecule has 1 atom stereocenters. The Morgan fingerprint density at radius 2 is 1.97 bits per heavy atom. The fourth-order valence-corrected chi connectivity index (χ4v) is 5.47. The van der Waals surface area contributed by atoms with Gasteiger partial charge >= 0.3 is 5.97 Å². The van der Waals surface area contributed by atoms with Gasteiger partial charge in [-0.25, -0.2) is 4.39 Å². The lowest BCUT2D eigenvalue weighted by molar-refractivity contribution is -0.137. The van der Waals surface area contributed by atoms with E-state index < -0.39 is 39.4 Å². The molecule has 5 rings (SSSR count). The molecule has 0 aromatic heterocycles. The van der Waals surface area contributed by atoms with Gasteiger partial charge in [-0.1, -0.05) is 12.8 Å². The van der Waals surface area contributed by atoms with E-state index in [-0.39, 0.29) is 40.8 Å². The Labute approximate surface area is 205 Å². The quantitative estimate of drug-likeness (QED) is 0.511. The summed E-state index contributed by atoms with van der Waals surface area (Å²) in [6.07, 6.45) is 2.57. The highest BCUT2D eigenvalue weighted by atomic mass is 32.2. The van der Waals surface area contributed by atoms with Crippen LogP contribution in [0.3, 0.4) is 0 Å². The molecule has 12 heteroatoms. The number of carbonyl (C=O) groups is 3. The average molecular weight is 516 g/mol. The predicted molar refractivity (Wildman–Crippen MR) is 126 cm³/mol. The minimum atomic E-state index is -4.34. The van der Waals surface area contributed by atoms with Gasteiger partial charge in [-0.3, -0.25) is 14.4 Å². The second-order valence-electron chi connectivity index (χ2n) is 8.91. The molecule has 0 unspecified atom stereocenters. The maximum atomic E-state index is 14.0. The number of amides is 1. The van der Waals surface area contributed by atoms with E-state index in [0.29, 0.717) is 18.2 Å². The van der Waals surface area contributed by atoms with Gasteiger partial charge in [-0.15, -0.1) is 4.40 Å². The van der Waals surface area contributed by atoms with Gasteiger partial charge in [0.25, 0.3) is 10.0 Å². The number of anilines is 2. The van der Waals surface area contributed by atoms with Crippen LogP contribution in [-0.4, -0.2) is 50.2 Å². The molecule has 10 nitrogen and oxygen atoms in total. The number of amidine groups is 1. The van der Waals surface area contributed by atoms with E-state index in [1.807, 2.05) is 0 Å². The predicted octanol–water partition coefficient (Wildman–Crippen LogP) is 2.84. The highest BCUT2D eigenvalue weighted by Crippen LogP contribution is 2.38. The van der Waals surface area contributed by atoms with Crippen LogP contribution in [-0.2, 0) is 19.6 Å². The van der Waals surface area contributed by atoms with Crippen molar-refractivity contribution in [3.05, 3.63) is 47.8 Å². The van der Waals surface area contributed by atoms with Crippen LogP contribution in [0.4, 0.5) is 15.8 Å². The van der Waals surface area contributed by atoms with Crippen molar-refractivity contribution in [3.63, 3.8) is 0 Å². The van der Waals surface area contributed by atoms with Crippen molar-refractivity contribution >= 4 is 44.9 Å². The second-order valence-corrected chi connectivity index (χ2v) is 10.5. The van der Waals surface area contributed by atoms with Crippen molar-refractivity contribution in [1.82, 2.24) is 0 Å². The number of halogens is 1. The first kappa shape index (κ1) is 23.9. The van der Waals surface area contributed by atoms with Crippen molar-refractivity contribution in [2.45, 2.75) is 30.6 Å². The van der Waals surface area contributed by atoms with E-state index in [0.717, 1.165) is 25.3 Å². The Balaban J connectivity index is 1.47. The number of aliphatic carboxylic acids is 1. The summed E-state index contributed by atoms with van der Waals surface area (Å²) in [6, 6.07) is 7.62. The number of sulfonamides is 1. The van der Waals surface area contributed by atoms with Crippen LogP contribution in [0, 0.1) is 17.7 Å². The highest BCUT2D eigenvalue weighted by molar-refractivity contribution is 7.90. The molecule has 36 heavy (non-hydrogen) atoms. The molecule has 1 aliphatic carbocycles. The third kappa shape index (κ3) is 4.55. The number of nitrogens with one attached hydrogen (secondary N) is 1. The second kappa shape index (κ2) is 9.01. The van der Waals surface area contributed by atoms with E-state index in [1.165, 1.54) is 35.2 Å². The topological polar surface area (TPSA) is 142 Å². The summed E-state index contributed by atoms with van der Waals surface area (Å²) < 4.78 is 49.1. The first-order chi connectivity index (χ1) is 17.1. The number of carboxylic acid groups (broad SMARTS) is 1. The molecule has 1 saturated carbocycles. The molecule has 0 radical (unpaired) electrons. The van der Waals surface area contributed by atoms with Crippen LogP contribution in [0.5, 0.6) is 5.75 Å². The number of benzene rings is 2. The fourth-order valence-electron chi connectivity index (χ4n) is 4.30. The Morgan fingerprint density at radius 1 is 1.19 bits per heavy atom. The van der Waals surface area contributed by atoms with Gasteiger partial charge in [0.05, 0.1) is 24.4 Å². The summed E-state index contributed by atoms with van der Waals surface area (Å²) in [7, 11) is -4.34. The standard InChI is InChI=1S/C24H22FN3O7S/c25-14-3-6-18-16(11-14)22(31)21(24(32)28(18)9-7-13-1-2-13)23-26-17-5-4-15(35-10-8-20(29)30)12-19(17)36(33,34)27-23/h3-6,11-13,21H,1-2,7-10H2,(H,26,27)(H,29,30)/t21-/m0/s1. The molecule has 2 aromatic rings. The summed E-state index contributed by atoms with van der Waals surface area (Å²) >= 11 is 0. The number of rotatable bonds is 8. The smallest absolute Gasteiger partial charge is 0.306 e. The number of hydrogen-bond acceptors (Lipinski definition) is 7. The van der Waals surface area contributed by atoms with Gasteiger partial charge < -0.3 is 20.1 Å². The number of fused-ring (bicyclic) bond motifs is 2. The summed E-state index contributed by atoms with van der Waals surface area (Å²) in [5.74, 6) is -4.40. The third-order valence-corrected chi connectivity index (χ3v) is 7.65. The van der Waals surface area contributed by atoms with Crippen molar-refractivity contribution in [3.8, 4) is 5.75 Å². The largest absolute Gasteiger partial charge is 0.493 e. The van der Waals surface area contributed by atoms with Gasteiger partial charge in [-0.05, 0) is 42.7 Å². The number of carbonyl (C=O) groups excluding carboxylic acids is 2. The zero-order chi connectivity index (χ0) is 25.6. The van der Waals surface area contributed by atoms with E-state index in [9.17, 15) is 27.2 Å². The first-order valence-corrected chi connectivity index (χ1v) is 12.8. The van der Waals surface area contributed by atoms with Crippen LogP contribution in [0.2, 0.25) is 0 Å². The maximum absolute atomic E-state index is 14.0. The molecule has 3 aliphatic rings. The van der Waals surface area contributed by atoms with Crippen molar-refractivity contribution in [1.29, 1.82) is 0 Å². The summed E-state index contributed by atoms with van der Waals surface area (Å²) in [6.45, 7) is 0.160. The molecule has 2 heterocycles. The molecule has 2 aliphatic heterocycles. The highest BCUT2D eigenvalue weighted by Gasteiger charge is 2.45. The van der Waals surface area contributed by atoms with Gasteiger partial charge in [-0.2, -0.15) is 8.42 Å². The summed E-state index contributed by atoms with van der Waals surface area (Å²) in [5, 5.41) is 11.5. The molecular weight excluding hydrogens is 493 g/mol. The van der Waals surface area contributed by atoms with Crippen molar-refractivity contribution < 1.29 is 37.0 Å². The zero-order valence-electron chi connectivity index (χ0n) is 18.9. The first-order valence-electron chi connectivity index (χ1n) is 11.4. The van der Waals surface area contributed by atoms with Gasteiger partial charge in [0, 0.05) is 18.2 Å². The third-order valence-electron chi connectivity index (χ3n) is 6.32. The monoisotopic (exact) mass is 515 g/mol. The molecule has 1 amide bonds. The van der Waals surface area contributed by atoms with E-state index >= 15 is 0 Å². The lowest BCUT2D eigenvalue weighted by atomic mass is 9.88. The number of Topliss-reactive ketones (excluding diaryl/α,β-unsaturated/α-hetero) is 1. The Kier molecular flexibility index (Phi) is 5.99. The number of carboxylic acids is 1. The van der Waals surface area contributed by atoms with Crippen LogP contribution >= 0.6 is 0 Å².